The molecule has 2 unspecified atom stereocenters. The Morgan fingerprint density at radius 3 is 2.69 bits per heavy atom. The van der Waals surface area contributed by atoms with Gasteiger partial charge in [-0.1, -0.05) is 13.3 Å². The second-order valence-corrected chi connectivity index (χ2v) is 4.52. The first-order chi connectivity index (χ1) is 7.49. The lowest BCUT2D eigenvalue weighted by Gasteiger charge is -2.25. The van der Waals surface area contributed by atoms with Gasteiger partial charge in [-0.25, -0.2) is 4.79 Å². The zero-order valence-corrected chi connectivity index (χ0v) is 9.88. The number of nitrogens with one attached hydrogen (secondary N) is 2. The van der Waals surface area contributed by atoms with Crippen LogP contribution in [-0.2, 0) is 9.59 Å². The van der Waals surface area contributed by atoms with Crippen molar-refractivity contribution in [2.24, 2.45) is 0 Å². The van der Waals surface area contributed by atoms with Crippen molar-refractivity contribution in [1.82, 2.24) is 10.6 Å². The van der Waals surface area contributed by atoms with Crippen LogP contribution >= 0.6 is 0 Å². The molecule has 1 rings (SSSR count). The number of hydrogen-bond acceptors (Lipinski definition) is 3. The standard InChI is InChI=1S/C11H20N2O3/c1-3-5-8(9(14)15)13-10(16)11(2)6-4-7-12-11/h8,12H,3-7H2,1-2H3,(H,13,16)(H,14,15). The number of rotatable bonds is 5. The van der Waals surface area contributed by atoms with E-state index < -0.39 is 17.6 Å². The van der Waals surface area contributed by atoms with E-state index in [9.17, 15) is 9.59 Å². The van der Waals surface area contributed by atoms with E-state index in [1.165, 1.54) is 0 Å². The van der Waals surface area contributed by atoms with E-state index in [0.29, 0.717) is 6.42 Å². The van der Waals surface area contributed by atoms with Crippen LogP contribution in [0.5, 0.6) is 0 Å². The summed E-state index contributed by atoms with van der Waals surface area (Å²) >= 11 is 0. The lowest BCUT2D eigenvalue weighted by Crippen LogP contribution is -2.55. The molecule has 0 radical (unpaired) electrons. The van der Waals surface area contributed by atoms with E-state index in [4.69, 9.17) is 5.11 Å². The van der Waals surface area contributed by atoms with Gasteiger partial charge in [0.05, 0.1) is 5.54 Å². The predicted molar refractivity (Wildman–Crippen MR) is 60.1 cm³/mol. The first kappa shape index (κ1) is 13.0. The molecule has 3 N–H and O–H groups in total. The van der Waals surface area contributed by atoms with Crippen LogP contribution in [0.1, 0.15) is 39.5 Å². The molecular formula is C11H20N2O3. The molecule has 1 fully saturated rings. The van der Waals surface area contributed by atoms with Gasteiger partial charge in [0.2, 0.25) is 5.91 Å². The SMILES string of the molecule is CCCC(NC(=O)C1(C)CCCN1)C(=O)O. The Labute approximate surface area is 95.6 Å². The van der Waals surface area contributed by atoms with Gasteiger partial charge in [0, 0.05) is 0 Å². The molecule has 0 spiro atoms. The smallest absolute Gasteiger partial charge is 0.326 e. The van der Waals surface area contributed by atoms with Gasteiger partial charge < -0.3 is 15.7 Å². The number of aliphatic carboxylic acids is 1. The number of carbonyl (C=O) groups excluding carboxylic acids is 1. The minimum atomic E-state index is -0.961. The molecule has 0 saturated carbocycles. The summed E-state index contributed by atoms with van der Waals surface area (Å²) in [6, 6.07) is -0.767. The molecule has 1 saturated heterocycles. The Morgan fingerprint density at radius 2 is 2.25 bits per heavy atom. The third-order valence-electron chi connectivity index (χ3n) is 3.05. The first-order valence-electron chi connectivity index (χ1n) is 5.78. The Hall–Kier alpha value is -1.10. The molecule has 5 heteroatoms. The van der Waals surface area contributed by atoms with E-state index in [2.05, 4.69) is 10.6 Å². The van der Waals surface area contributed by atoms with Gasteiger partial charge in [0.15, 0.2) is 0 Å². The second-order valence-electron chi connectivity index (χ2n) is 4.52. The maximum Gasteiger partial charge on any atom is 0.326 e. The zero-order valence-electron chi connectivity index (χ0n) is 9.88. The lowest BCUT2D eigenvalue weighted by molar-refractivity contribution is -0.143. The van der Waals surface area contributed by atoms with E-state index in [1.807, 2.05) is 13.8 Å². The van der Waals surface area contributed by atoms with Crippen molar-refractivity contribution in [3.05, 3.63) is 0 Å². The Kier molecular flexibility index (Phi) is 4.29. The normalized spacial score (nSPS) is 26.4. The monoisotopic (exact) mass is 228 g/mol. The van der Waals surface area contributed by atoms with Gasteiger partial charge in [0.25, 0.3) is 0 Å². The van der Waals surface area contributed by atoms with Crippen LogP contribution < -0.4 is 10.6 Å². The van der Waals surface area contributed by atoms with Crippen LogP contribution in [-0.4, -0.2) is 35.1 Å². The summed E-state index contributed by atoms with van der Waals surface area (Å²) < 4.78 is 0. The van der Waals surface area contributed by atoms with Crippen molar-refractivity contribution in [3.63, 3.8) is 0 Å². The van der Waals surface area contributed by atoms with Crippen molar-refractivity contribution < 1.29 is 14.7 Å². The number of carboxylic acids is 1. The molecule has 1 aliphatic rings. The molecule has 1 heterocycles. The van der Waals surface area contributed by atoms with Gasteiger partial charge >= 0.3 is 5.97 Å². The van der Waals surface area contributed by atoms with Crippen molar-refractivity contribution >= 4 is 11.9 Å². The van der Waals surface area contributed by atoms with Crippen molar-refractivity contribution in [2.45, 2.75) is 51.1 Å². The summed E-state index contributed by atoms with van der Waals surface area (Å²) in [5, 5.41) is 14.7. The van der Waals surface area contributed by atoms with Crippen LogP contribution in [0.3, 0.4) is 0 Å². The summed E-state index contributed by atoms with van der Waals surface area (Å²) in [7, 11) is 0. The number of carboxylic acid groups (broad SMARTS) is 1. The minimum Gasteiger partial charge on any atom is -0.480 e. The molecule has 1 amide bonds. The summed E-state index contributed by atoms with van der Waals surface area (Å²) in [4.78, 5) is 22.8. The van der Waals surface area contributed by atoms with Crippen LogP contribution in [0.4, 0.5) is 0 Å². The van der Waals surface area contributed by atoms with Gasteiger partial charge in [-0.2, -0.15) is 0 Å². The van der Waals surface area contributed by atoms with E-state index in [1.54, 1.807) is 0 Å². The van der Waals surface area contributed by atoms with Gasteiger partial charge in [-0.3, -0.25) is 4.79 Å². The minimum absolute atomic E-state index is 0.203. The molecule has 0 bridgehead atoms. The third kappa shape index (κ3) is 2.95. The molecule has 0 aromatic heterocycles. The van der Waals surface area contributed by atoms with E-state index in [-0.39, 0.29) is 5.91 Å². The predicted octanol–water partition coefficient (Wildman–Crippen LogP) is 0.498. The van der Waals surface area contributed by atoms with Crippen molar-refractivity contribution in [3.8, 4) is 0 Å². The summed E-state index contributed by atoms with van der Waals surface area (Å²) in [5.41, 5.74) is -0.596. The van der Waals surface area contributed by atoms with Crippen LogP contribution in [0.2, 0.25) is 0 Å². The highest BCUT2D eigenvalue weighted by molar-refractivity contribution is 5.90. The molecule has 5 nitrogen and oxygen atoms in total. The molecule has 1 aliphatic heterocycles. The van der Waals surface area contributed by atoms with Gasteiger partial charge in [0.1, 0.15) is 6.04 Å². The van der Waals surface area contributed by atoms with Crippen LogP contribution in [0.15, 0.2) is 0 Å². The summed E-state index contributed by atoms with van der Waals surface area (Å²) in [6.07, 6.45) is 2.92. The summed E-state index contributed by atoms with van der Waals surface area (Å²) in [6.45, 7) is 4.53. The Morgan fingerprint density at radius 1 is 1.56 bits per heavy atom. The topological polar surface area (TPSA) is 78.4 Å². The molecule has 92 valence electrons. The Balaban J connectivity index is 2.57. The number of carbonyl (C=O) groups is 2. The highest BCUT2D eigenvalue weighted by Crippen LogP contribution is 2.18. The fraction of sp³-hybridized carbons (Fsp3) is 0.818. The fourth-order valence-corrected chi connectivity index (χ4v) is 1.95. The quantitative estimate of drug-likeness (QED) is 0.640. The largest absolute Gasteiger partial charge is 0.480 e. The van der Waals surface area contributed by atoms with E-state index in [0.717, 1.165) is 25.8 Å². The zero-order chi connectivity index (χ0) is 12.2. The highest BCUT2D eigenvalue weighted by atomic mass is 16.4. The van der Waals surface area contributed by atoms with Gasteiger partial charge in [-0.15, -0.1) is 0 Å². The second kappa shape index (κ2) is 5.30. The maximum atomic E-state index is 11.9. The molecule has 16 heavy (non-hydrogen) atoms. The van der Waals surface area contributed by atoms with Crippen LogP contribution in [0.25, 0.3) is 0 Å². The highest BCUT2D eigenvalue weighted by Gasteiger charge is 2.37. The maximum absolute atomic E-state index is 11.9. The van der Waals surface area contributed by atoms with Crippen molar-refractivity contribution in [2.75, 3.05) is 6.54 Å². The average Bonchev–Trinajstić information content (AvgIpc) is 2.65. The number of amides is 1. The fourth-order valence-electron chi connectivity index (χ4n) is 1.95. The lowest BCUT2D eigenvalue weighted by atomic mass is 9.98. The van der Waals surface area contributed by atoms with Gasteiger partial charge in [-0.05, 0) is 32.7 Å². The third-order valence-corrected chi connectivity index (χ3v) is 3.05. The van der Waals surface area contributed by atoms with Crippen molar-refractivity contribution in [1.29, 1.82) is 0 Å². The van der Waals surface area contributed by atoms with E-state index >= 15 is 0 Å². The molecule has 0 aliphatic carbocycles. The molecular weight excluding hydrogens is 208 g/mol. The molecule has 0 aromatic rings. The first-order valence-corrected chi connectivity index (χ1v) is 5.78. The Bertz CT molecular complexity index is 272. The molecule has 0 aromatic carbocycles. The molecule has 2 atom stereocenters. The summed E-state index contributed by atoms with van der Waals surface area (Å²) in [5.74, 6) is -1.16. The number of hydrogen-bond donors (Lipinski definition) is 3. The van der Waals surface area contributed by atoms with Crippen LogP contribution in [0, 0.1) is 0 Å². The average molecular weight is 228 g/mol.